The second-order valence-electron chi connectivity index (χ2n) is 4.74. The number of ether oxygens (including phenoxy) is 1. The number of nitrogens with one attached hydrogen (secondary N) is 1. The van der Waals surface area contributed by atoms with Crippen molar-refractivity contribution >= 4 is 16.5 Å². The van der Waals surface area contributed by atoms with Gasteiger partial charge >= 0.3 is 0 Å². The van der Waals surface area contributed by atoms with Crippen LogP contribution < -0.4 is 5.32 Å². The van der Waals surface area contributed by atoms with E-state index in [1.165, 1.54) is 11.3 Å². The Morgan fingerprint density at radius 3 is 2.78 bits per heavy atom. The molecule has 1 aliphatic heterocycles. The van der Waals surface area contributed by atoms with Gasteiger partial charge < -0.3 is 15.2 Å². The molecule has 2 N–H and O–H groups in total. The molecule has 0 unspecified atom stereocenters. The van der Waals surface area contributed by atoms with Crippen molar-refractivity contribution in [1.29, 1.82) is 0 Å². The molecule has 0 aromatic carbocycles. The maximum Gasteiger partial charge on any atom is 0.227 e. The van der Waals surface area contributed by atoms with Crippen LogP contribution in [0.25, 0.3) is 0 Å². The molecule has 102 valence electrons. The van der Waals surface area contributed by atoms with Crippen molar-refractivity contribution < 1.29 is 9.84 Å². The van der Waals surface area contributed by atoms with Crippen LogP contribution in [-0.4, -0.2) is 54.4 Å². The first-order valence-electron chi connectivity index (χ1n) is 6.40. The zero-order valence-corrected chi connectivity index (χ0v) is 11.8. The number of thiazole rings is 1. The molecule has 2 rings (SSSR count). The molecule has 0 saturated carbocycles. The second kappa shape index (κ2) is 6.36. The lowest BCUT2D eigenvalue weighted by atomic mass is 10.2. The van der Waals surface area contributed by atoms with E-state index >= 15 is 0 Å². The highest BCUT2D eigenvalue weighted by atomic mass is 32.1. The predicted octanol–water partition coefficient (Wildman–Crippen LogP) is 1.72. The van der Waals surface area contributed by atoms with Crippen LogP contribution in [0.5, 0.6) is 5.88 Å². The van der Waals surface area contributed by atoms with Crippen LogP contribution in [0.1, 0.15) is 24.6 Å². The molecule has 0 atom stereocenters. The molecule has 1 aliphatic rings. The molecule has 1 aromatic rings. The summed E-state index contributed by atoms with van der Waals surface area (Å²) in [5.41, 5.74) is 0. The van der Waals surface area contributed by atoms with E-state index in [0.717, 1.165) is 49.4 Å². The number of anilines is 1. The van der Waals surface area contributed by atoms with Gasteiger partial charge in [-0.2, -0.15) is 4.98 Å². The van der Waals surface area contributed by atoms with Crippen LogP contribution in [-0.2, 0) is 4.74 Å². The minimum Gasteiger partial charge on any atom is -0.492 e. The van der Waals surface area contributed by atoms with Crippen molar-refractivity contribution in [2.75, 3.05) is 44.7 Å². The van der Waals surface area contributed by atoms with Crippen LogP contribution in [0, 0.1) is 0 Å². The largest absolute Gasteiger partial charge is 0.492 e. The molecular formula is C12H21N3O2S. The Balaban J connectivity index is 1.77. The molecule has 0 spiro atoms. The fourth-order valence-corrected chi connectivity index (χ4v) is 2.81. The summed E-state index contributed by atoms with van der Waals surface area (Å²) in [5.74, 6) is 0.487. The van der Waals surface area contributed by atoms with Gasteiger partial charge in [0, 0.05) is 26.2 Å². The lowest BCUT2D eigenvalue weighted by Gasteiger charge is -2.26. The smallest absolute Gasteiger partial charge is 0.227 e. The fourth-order valence-electron chi connectivity index (χ4n) is 1.92. The second-order valence-corrected chi connectivity index (χ2v) is 5.77. The van der Waals surface area contributed by atoms with Gasteiger partial charge in [0.1, 0.15) is 0 Å². The summed E-state index contributed by atoms with van der Waals surface area (Å²) < 4.78 is 5.30. The first kappa shape index (κ1) is 13.6. The average Bonchev–Trinajstić information content (AvgIpc) is 2.72. The standard InChI is InChI=1S/C12H21N3O2S/c1-9(2)10-11(16)14-12(18-10)13-3-4-15-5-7-17-8-6-15/h9,16H,3-8H2,1-2H3,(H,13,14). The van der Waals surface area contributed by atoms with Crippen molar-refractivity contribution in [2.24, 2.45) is 0 Å². The zero-order chi connectivity index (χ0) is 13.0. The minimum atomic E-state index is 0.170. The molecule has 0 amide bonds. The molecule has 6 heteroatoms. The van der Waals surface area contributed by atoms with Crippen LogP contribution in [0.3, 0.4) is 0 Å². The summed E-state index contributed by atoms with van der Waals surface area (Å²) in [7, 11) is 0. The van der Waals surface area contributed by atoms with E-state index in [-0.39, 0.29) is 5.88 Å². The zero-order valence-electron chi connectivity index (χ0n) is 11.0. The van der Waals surface area contributed by atoms with Gasteiger partial charge in [0.25, 0.3) is 0 Å². The summed E-state index contributed by atoms with van der Waals surface area (Å²) in [6.45, 7) is 9.62. The summed E-state index contributed by atoms with van der Waals surface area (Å²) in [6.07, 6.45) is 0. The van der Waals surface area contributed by atoms with Crippen LogP contribution >= 0.6 is 11.3 Å². The van der Waals surface area contributed by atoms with Gasteiger partial charge in [0.15, 0.2) is 5.13 Å². The molecule has 2 heterocycles. The van der Waals surface area contributed by atoms with Gasteiger partial charge in [-0.1, -0.05) is 25.2 Å². The number of hydrogen-bond acceptors (Lipinski definition) is 6. The number of hydrogen-bond donors (Lipinski definition) is 2. The predicted molar refractivity (Wildman–Crippen MR) is 73.6 cm³/mol. The molecule has 18 heavy (non-hydrogen) atoms. The third kappa shape index (κ3) is 3.57. The fraction of sp³-hybridized carbons (Fsp3) is 0.750. The van der Waals surface area contributed by atoms with Gasteiger partial charge in [-0.3, -0.25) is 4.90 Å². The molecule has 1 aromatic heterocycles. The van der Waals surface area contributed by atoms with Gasteiger partial charge in [-0.25, -0.2) is 0 Å². The SMILES string of the molecule is CC(C)c1sc(NCCN2CCOCC2)nc1O. The summed E-state index contributed by atoms with van der Waals surface area (Å²) in [5, 5.41) is 13.8. The number of aromatic hydroxyl groups is 1. The highest BCUT2D eigenvalue weighted by molar-refractivity contribution is 7.16. The van der Waals surface area contributed by atoms with Gasteiger partial charge in [-0.05, 0) is 5.92 Å². The number of nitrogens with zero attached hydrogens (tertiary/aromatic N) is 2. The third-order valence-electron chi connectivity index (χ3n) is 2.97. The monoisotopic (exact) mass is 271 g/mol. The lowest BCUT2D eigenvalue weighted by Crippen LogP contribution is -2.38. The quantitative estimate of drug-likeness (QED) is 0.854. The number of aromatic nitrogens is 1. The highest BCUT2D eigenvalue weighted by Crippen LogP contribution is 2.33. The third-order valence-corrected chi connectivity index (χ3v) is 4.27. The van der Waals surface area contributed by atoms with Crippen molar-refractivity contribution in [1.82, 2.24) is 9.88 Å². The van der Waals surface area contributed by atoms with Gasteiger partial charge in [-0.15, -0.1) is 0 Å². The first-order valence-corrected chi connectivity index (χ1v) is 7.22. The normalized spacial score (nSPS) is 17.3. The Kier molecular flexibility index (Phi) is 4.79. The summed E-state index contributed by atoms with van der Waals surface area (Å²) >= 11 is 1.54. The number of rotatable bonds is 5. The minimum absolute atomic E-state index is 0.170. The molecule has 1 fully saturated rings. The molecule has 0 aliphatic carbocycles. The number of morpholine rings is 1. The lowest BCUT2D eigenvalue weighted by molar-refractivity contribution is 0.0398. The van der Waals surface area contributed by atoms with E-state index in [9.17, 15) is 5.11 Å². The van der Waals surface area contributed by atoms with Crippen LogP contribution in [0.4, 0.5) is 5.13 Å². The Morgan fingerprint density at radius 2 is 2.17 bits per heavy atom. The van der Waals surface area contributed by atoms with E-state index in [2.05, 4.69) is 29.0 Å². The summed E-state index contributed by atoms with van der Waals surface area (Å²) in [6, 6.07) is 0. The van der Waals surface area contributed by atoms with Gasteiger partial charge in [0.2, 0.25) is 5.88 Å². The van der Waals surface area contributed by atoms with E-state index in [4.69, 9.17) is 4.74 Å². The molecule has 0 bridgehead atoms. The molecule has 1 saturated heterocycles. The maximum absolute atomic E-state index is 9.68. The molecular weight excluding hydrogens is 250 g/mol. The Labute approximate surface area is 112 Å². The average molecular weight is 271 g/mol. The van der Waals surface area contributed by atoms with Crippen molar-refractivity contribution in [3.63, 3.8) is 0 Å². The maximum atomic E-state index is 9.68. The van der Waals surface area contributed by atoms with E-state index in [1.54, 1.807) is 0 Å². The van der Waals surface area contributed by atoms with E-state index in [0.29, 0.717) is 5.92 Å². The van der Waals surface area contributed by atoms with Crippen molar-refractivity contribution in [3.8, 4) is 5.88 Å². The first-order chi connectivity index (χ1) is 8.66. The molecule has 5 nitrogen and oxygen atoms in total. The van der Waals surface area contributed by atoms with Crippen LogP contribution in [0.2, 0.25) is 0 Å². The Hall–Kier alpha value is -0.850. The molecule has 0 radical (unpaired) electrons. The van der Waals surface area contributed by atoms with Crippen LogP contribution in [0.15, 0.2) is 0 Å². The van der Waals surface area contributed by atoms with Gasteiger partial charge in [0.05, 0.1) is 18.1 Å². The topological polar surface area (TPSA) is 57.6 Å². The summed E-state index contributed by atoms with van der Waals surface area (Å²) in [4.78, 5) is 7.45. The Morgan fingerprint density at radius 1 is 1.44 bits per heavy atom. The Bertz CT molecular complexity index is 375. The van der Waals surface area contributed by atoms with E-state index < -0.39 is 0 Å². The van der Waals surface area contributed by atoms with E-state index in [1.807, 2.05) is 0 Å². The van der Waals surface area contributed by atoms with Crippen molar-refractivity contribution in [2.45, 2.75) is 19.8 Å². The van der Waals surface area contributed by atoms with Crippen molar-refractivity contribution in [3.05, 3.63) is 4.88 Å². The highest BCUT2D eigenvalue weighted by Gasteiger charge is 2.14.